The van der Waals surface area contributed by atoms with Crippen LogP contribution in [0.25, 0.3) is 0 Å². The van der Waals surface area contributed by atoms with Gasteiger partial charge in [-0.15, -0.1) is 0 Å². The Balaban J connectivity index is 3.39. The Morgan fingerprint density at radius 3 is 2.55 bits per heavy atom. The third kappa shape index (κ3) is 1.35. The Kier molecular flexibility index (Phi) is 1.86. The van der Waals surface area contributed by atoms with Crippen LogP contribution < -0.4 is 0 Å². The van der Waals surface area contributed by atoms with Gasteiger partial charge >= 0.3 is 0 Å². The summed E-state index contributed by atoms with van der Waals surface area (Å²) in [5.41, 5.74) is 0.233. The lowest BCUT2D eigenvalue weighted by Gasteiger charge is -1.97. The third-order valence-electron chi connectivity index (χ3n) is 1.43. The van der Waals surface area contributed by atoms with Crippen LogP contribution in [0.3, 0.4) is 0 Å². The van der Waals surface area contributed by atoms with Gasteiger partial charge in [0.05, 0.1) is 11.6 Å². The Hall–Kier alpha value is -1.43. The van der Waals surface area contributed by atoms with Crippen LogP contribution in [-0.2, 0) is 0 Å². The highest BCUT2D eigenvalue weighted by atomic mass is 19.1. The summed E-state index contributed by atoms with van der Waals surface area (Å²) in [6.07, 6.45) is 0. The normalized spacial score (nSPS) is 9.27. The summed E-state index contributed by atoms with van der Waals surface area (Å²) in [5, 5.41) is 8.38. The number of nitrogens with zero attached hydrogens (tertiary/aromatic N) is 1. The van der Waals surface area contributed by atoms with Gasteiger partial charge in [0.15, 0.2) is 0 Å². The lowest BCUT2D eigenvalue weighted by molar-refractivity contribution is 0.576. The molecule has 0 saturated carbocycles. The van der Waals surface area contributed by atoms with Crippen LogP contribution in [0.4, 0.5) is 8.78 Å². The van der Waals surface area contributed by atoms with Crippen molar-refractivity contribution < 1.29 is 8.78 Å². The molecule has 0 amide bonds. The number of nitriles is 1. The second kappa shape index (κ2) is 2.67. The van der Waals surface area contributed by atoms with Crippen molar-refractivity contribution in [2.75, 3.05) is 0 Å². The maximum Gasteiger partial charge on any atom is 0.130 e. The molecule has 56 valence electrons. The molecule has 0 heterocycles. The molecule has 0 radical (unpaired) electrons. The Bertz CT molecular complexity index is 326. The minimum absolute atomic E-state index is 0.0440. The van der Waals surface area contributed by atoms with E-state index in [1.54, 1.807) is 6.07 Å². The highest BCUT2D eigenvalue weighted by Gasteiger charge is 2.05. The van der Waals surface area contributed by atoms with E-state index in [-0.39, 0.29) is 11.1 Å². The first kappa shape index (κ1) is 7.67. The van der Waals surface area contributed by atoms with Crippen molar-refractivity contribution in [3.63, 3.8) is 0 Å². The van der Waals surface area contributed by atoms with Crippen LogP contribution in [0.15, 0.2) is 12.1 Å². The fraction of sp³-hybridized carbons (Fsp3) is 0.125. The number of hydrogen-bond acceptors (Lipinski definition) is 1. The third-order valence-corrected chi connectivity index (χ3v) is 1.43. The molecule has 0 saturated heterocycles. The van der Waals surface area contributed by atoms with Gasteiger partial charge in [0.25, 0.3) is 0 Å². The summed E-state index contributed by atoms with van der Waals surface area (Å²) in [4.78, 5) is 0. The molecule has 0 aliphatic heterocycles. The summed E-state index contributed by atoms with van der Waals surface area (Å²) < 4.78 is 25.0. The standard InChI is InChI=1S/C8H5F2N/c1-5-6(4-11)2-7(9)3-8(5)10/h2-3H,1H3. The van der Waals surface area contributed by atoms with E-state index in [9.17, 15) is 8.78 Å². The van der Waals surface area contributed by atoms with Gasteiger partial charge in [-0.05, 0) is 13.0 Å². The zero-order valence-corrected chi connectivity index (χ0v) is 5.86. The van der Waals surface area contributed by atoms with E-state index in [4.69, 9.17) is 5.26 Å². The van der Waals surface area contributed by atoms with Crippen molar-refractivity contribution in [3.8, 4) is 6.07 Å². The van der Waals surface area contributed by atoms with Crippen molar-refractivity contribution in [1.82, 2.24) is 0 Å². The van der Waals surface area contributed by atoms with Gasteiger partial charge in [-0.2, -0.15) is 5.26 Å². The second-order valence-electron chi connectivity index (χ2n) is 2.17. The van der Waals surface area contributed by atoms with Crippen LogP contribution in [0, 0.1) is 29.9 Å². The zero-order chi connectivity index (χ0) is 8.43. The zero-order valence-electron chi connectivity index (χ0n) is 5.86. The van der Waals surface area contributed by atoms with Crippen LogP contribution in [0.1, 0.15) is 11.1 Å². The molecule has 1 nitrogen and oxygen atoms in total. The predicted molar refractivity (Wildman–Crippen MR) is 35.8 cm³/mol. The van der Waals surface area contributed by atoms with Crippen molar-refractivity contribution in [2.45, 2.75) is 6.92 Å². The van der Waals surface area contributed by atoms with E-state index in [2.05, 4.69) is 0 Å². The second-order valence-corrected chi connectivity index (χ2v) is 2.17. The molecule has 0 aliphatic rings. The van der Waals surface area contributed by atoms with E-state index in [0.717, 1.165) is 12.1 Å². The Morgan fingerprint density at radius 2 is 2.00 bits per heavy atom. The first-order valence-corrected chi connectivity index (χ1v) is 3.01. The molecule has 0 fully saturated rings. The van der Waals surface area contributed by atoms with Gasteiger partial charge in [0, 0.05) is 11.6 Å². The largest absolute Gasteiger partial charge is 0.207 e. The fourth-order valence-corrected chi connectivity index (χ4v) is 0.762. The van der Waals surface area contributed by atoms with Crippen LogP contribution >= 0.6 is 0 Å². The van der Waals surface area contributed by atoms with E-state index in [1.165, 1.54) is 6.92 Å². The SMILES string of the molecule is Cc1c(F)cc(F)cc1C#N. The van der Waals surface area contributed by atoms with Gasteiger partial charge in [0.2, 0.25) is 0 Å². The molecule has 0 spiro atoms. The smallest absolute Gasteiger partial charge is 0.130 e. The first-order valence-electron chi connectivity index (χ1n) is 3.01. The summed E-state index contributed by atoms with van der Waals surface area (Å²) in [7, 11) is 0. The van der Waals surface area contributed by atoms with Gasteiger partial charge in [-0.3, -0.25) is 0 Å². The fourth-order valence-electron chi connectivity index (χ4n) is 0.762. The minimum atomic E-state index is -0.718. The molecule has 0 N–H and O–H groups in total. The van der Waals surface area contributed by atoms with E-state index >= 15 is 0 Å². The number of rotatable bonds is 0. The number of benzene rings is 1. The Morgan fingerprint density at radius 1 is 1.36 bits per heavy atom. The van der Waals surface area contributed by atoms with E-state index < -0.39 is 11.6 Å². The van der Waals surface area contributed by atoms with Crippen molar-refractivity contribution >= 4 is 0 Å². The molecule has 0 bridgehead atoms. The summed E-state index contributed by atoms with van der Waals surface area (Å²) in [6, 6.07) is 3.47. The monoisotopic (exact) mass is 153 g/mol. The van der Waals surface area contributed by atoms with Gasteiger partial charge in [-0.25, -0.2) is 8.78 Å². The molecule has 0 aromatic heterocycles. The van der Waals surface area contributed by atoms with Gasteiger partial charge in [-0.1, -0.05) is 0 Å². The average molecular weight is 153 g/mol. The molecule has 0 unspecified atom stereocenters. The van der Waals surface area contributed by atoms with Crippen molar-refractivity contribution in [1.29, 1.82) is 5.26 Å². The van der Waals surface area contributed by atoms with Crippen LogP contribution in [0.5, 0.6) is 0 Å². The maximum absolute atomic E-state index is 12.6. The maximum atomic E-state index is 12.6. The number of hydrogen-bond donors (Lipinski definition) is 0. The summed E-state index contributed by atoms with van der Waals surface area (Å²) in [5.74, 6) is -1.40. The highest BCUT2D eigenvalue weighted by molar-refractivity contribution is 5.37. The van der Waals surface area contributed by atoms with Crippen LogP contribution in [-0.4, -0.2) is 0 Å². The van der Waals surface area contributed by atoms with E-state index in [1.807, 2.05) is 0 Å². The molecule has 11 heavy (non-hydrogen) atoms. The van der Waals surface area contributed by atoms with Crippen molar-refractivity contribution in [2.24, 2.45) is 0 Å². The average Bonchev–Trinajstić information content (AvgIpc) is 1.96. The predicted octanol–water partition coefficient (Wildman–Crippen LogP) is 2.14. The molecule has 1 rings (SSSR count). The van der Waals surface area contributed by atoms with E-state index in [0.29, 0.717) is 0 Å². The number of halogens is 2. The Labute approximate surface area is 62.9 Å². The molecule has 3 heteroatoms. The van der Waals surface area contributed by atoms with Gasteiger partial charge in [0.1, 0.15) is 11.6 Å². The summed E-state index contributed by atoms with van der Waals surface area (Å²) >= 11 is 0. The molecule has 0 aliphatic carbocycles. The van der Waals surface area contributed by atoms with Crippen molar-refractivity contribution in [3.05, 3.63) is 34.9 Å². The molecule has 1 aromatic rings. The van der Waals surface area contributed by atoms with Gasteiger partial charge < -0.3 is 0 Å². The molecule has 0 atom stereocenters. The highest BCUT2D eigenvalue weighted by Crippen LogP contribution is 2.13. The lowest BCUT2D eigenvalue weighted by atomic mass is 10.1. The lowest BCUT2D eigenvalue weighted by Crippen LogP contribution is -1.89. The quantitative estimate of drug-likeness (QED) is 0.560. The topological polar surface area (TPSA) is 23.8 Å². The minimum Gasteiger partial charge on any atom is -0.207 e. The first-order chi connectivity index (χ1) is 5.15. The molecular weight excluding hydrogens is 148 g/mol. The molecular formula is C8H5F2N. The molecule has 1 aromatic carbocycles. The summed E-state index contributed by atoms with van der Waals surface area (Å²) in [6.45, 7) is 1.44. The van der Waals surface area contributed by atoms with Crippen LogP contribution in [0.2, 0.25) is 0 Å².